The predicted octanol–water partition coefficient (Wildman–Crippen LogP) is 2.98. The van der Waals surface area contributed by atoms with Crippen LogP contribution in [0.4, 0.5) is 11.4 Å². The fourth-order valence-corrected chi connectivity index (χ4v) is 1.38. The molecule has 0 aliphatic carbocycles. The van der Waals surface area contributed by atoms with Crippen LogP contribution in [0.1, 0.15) is 0 Å². The number of phenolic OH excluding ortho intramolecular Hbond substituents is 1. The van der Waals surface area contributed by atoms with Crippen LogP contribution < -0.4 is 4.46 Å². The first-order valence-corrected chi connectivity index (χ1v) is 5.14. The van der Waals surface area contributed by atoms with Crippen LogP contribution in [-0.2, 0) is 16.0 Å². The van der Waals surface area contributed by atoms with Gasteiger partial charge in [0.15, 0.2) is 0 Å². The van der Waals surface area contributed by atoms with Gasteiger partial charge in [-0.05, 0) is 0 Å². The van der Waals surface area contributed by atoms with Crippen LogP contribution in [0.3, 0.4) is 0 Å². The Morgan fingerprint density at radius 2 is 1.69 bits per heavy atom. The molecule has 0 atom stereocenters. The maximum absolute atomic E-state index is 9.55. The number of hydrogen-bond acceptors (Lipinski definition) is 3. The van der Waals surface area contributed by atoms with E-state index in [1.165, 1.54) is 6.07 Å². The number of benzene rings is 2. The quantitative estimate of drug-likeness (QED) is 0.655. The zero-order valence-electron chi connectivity index (χ0n) is 8.26. The molecule has 0 aromatic heterocycles. The van der Waals surface area contributed by atoms with Gasteiger partial charge < -0.3 is 0 Å². The number of rotatable bonds is 2. The molecule has 0 aliphatic heterocycles. The van der Waals surface area contributed by atoms with Gasteiger partial charge >= 0.3 is 101 Å². The third kappa shape index (κ3) is 2.69. The second kappa shape index (κ2) is 4.92. The van der Waals surface area contributed by atoms with Crippen molar-refractivity contribution >= 4 is 15.8 Å². The second-order valence-electron chi connectivity index (χ2n) is 3.12. The van der Waals surface area contributed by atoms with Gasteiger partial charge in [-0.2, -0.15) is 0 Å². The fraction of sp³-hybridized carbons (Fsp3) is 0. The van der Waals surface area contributed by atoms with Gasteiger partial charge in [-0.25, -0.2) is 0 Å². The van der Waals surface area contributed by atoms with Gasteiger partial charge in [0.1, 0.15) is 0 Å². The Hall–Kier alpha value is -1.64. The van der Waals surface area contributed by atoms with E-state index < -0.39 is 0 Å². The summed E-state index contributed by atoms with van der Waals surface area (Å²) in [6.45, 7) is 0. The zero-order valence-corrected chi connectivity index (χ0v) is 9.20. The van der Waals surface area contributed by atoms with Crippen molar-refractivity contribution in [1.29, 1.82) is 0 Å². The molecule has 0 aliphatic rings. The molecule has 2 aromatic carbocycles. The summed E-state index contributed by atoms with van der Waals surface area (Å²) in [5, 5.41) is 17.5. The molecule has 0 spiro atoms. The van der Waals surface area contributed by atoms with E-state index in [0.29, 0.717) is 10.1 Å². The monoisotopic (exact) mass is 260 g/mol. The molecule has 2 aromatic rings. The molecule has 0 unspecified atom stereocenters. The van der Waals surface area contributed by atoms with Crippen LogP contribution in [0.25, 0.3) is 0 Å². The average molecular weight is 261 g/mol. The van der Waals surface area contributed by atoms with Crippen molar-refractivity contribution in [3.8, 4) is 5.75 Å². The summed E-state index contributed by atoms with van der Waals surface area (Å²) < 4.78 is 0.559. The van der Waals surface area contributed by atoms with Crippen LogP contribution in [-0.4, -0.2) is 5.11 Å². The Balaban J connectivity index is 2.24. The van der Waals surface area contributed by atoms with Crippen LogP contribution in [0.2, 0.25) is 0 Å². The third-order valence-electron chi connectivity index (χ3n) is 1.94. The summed E-state index contributed by atoms with van der Waals surface area (Å²) >= 11 is 5.05. The van der Waals surface area contributed by atoms with Gasteiger partial charge in [0.2, 0.25) is 0 Å². The Kier molecular flexibility index (Phi) is 3.34. The van der Waals surface area contributed by atoms with E-state index in [2.05, 4.69) is 10.2 Å². The molecule has 84 valence electrons. The van der Waals surface area contributed by atoms with Gasteiger partial charge in [0, 0.05) is 0 Å². The molecule has 0 saturated carbocycles. The molecule has 2 rings (SSSR count). The van der Waals surface area contributed by atoms with Crippen molar-refractivity contribution in [2.24, 2.45) is 10.2 Å². The Bertz CT molecular complexity index is 512. The van der Waals surface area contributed by atoms with Crippen LogP contribution >= 0.6 is 0 Å². The summed E-state index contributed by atoms with van der Waals surface area (Å²) in [4.78, 5) is 0. The zero-order chi connectivity index (χ0) is 11.4. The molecular weight excluding hydrogens is 252 g/mol. The minimum absolute atomic E-state index is 0.0431. The first-order chi connectivity index (χ1) is 7.75. The number of hydrogen-bond donors (Lipinski definition) is 1. The van der Waals surface area contributed by atoms with E-state index >= 15 is 0 Å². The minimum atomic E-state index is 0.0431. The molecule has 0 saturated heterocycles. The molecule has 0 heterocycles. The van der Waals surface area contributed by atoms with Crippen molar-refractivity contribution < 1.29 is 21.1 Å². The third-order valence-corrected chi connectivity index (χ3v) is 2.24. The molecule has 0 fully saturated rings. The number of nitrogens with zero attached hydrogens (tertiary/aromatic N) is 2. The fourth-order valence-electron chi connectivity index (χ4n) is 1.17. The molecule has 16 heavy (non-hydrogen) atoms. The van der Waals surface area contributed by atoms with E-state index in [-0.39, 0.29) is 5.75 Å². The van der Waals surface area contributed by atoms with E-state index in [4.69, 9.17) is 16.0 Å². The molecule has 4 heteroatoms. The van der Waals surface area contributed by atoms with E-state index in [9.17, 15) is 5.11 Å². The van der Waals surface area contributed by atoms with Gasteiger partial charge in [0.05, 0.1) is 0 Å². The first kappa shape index (κ1) is 10.9. The van der Waals surface area contributed by atoms with Gasteiger partial charge in [-0.1, -0.05) is 0 Å². The van der Waals surface area contributed by atoms with E-state index in [1.807, 2.05) is 30.3 Å². The van der Waals surface area contributed by atoms with Crippen LogP contribution in [0.15, 0.2) is 58.8 Å². The summed E-state index contributed by atoms with van der Waals surface area (Å²) in [5.41, 5.74) is 1.15. The van der Waals surface area contributed by atoms with Gasteiger partial charge in [0.25, 0.3) is 0 Å². The number of aromatic hydroxyl groups is 1. The Morgan fingerprint density at radius 3 is 2.38 bits per heavy atom. The average Bonchev–Trinajstić information content (AvgIpc) is 2.29. The van der Waals surface area contributed by atoms with Crippen LogP contribution in [0.5, 0.6) is 5.75 Å². The van der Waals surface area contributed by atoms with E-state index in [1.54, 1.807) is 12.1 Å². The van der Waals surface area contributed by atoms with Crippen molar-refractivity contribution in [3.05, 3.63) is 48.5 Å². The normalized spacial score (nSPS) is 10.9. The Morgan fingerprint density at radius 1 is 0.938 bits per heavy atom. The predicted molar refractivity (Wildman–Crippen MR) is 58.4 cm³/mol. The van der Waals surface area contributed by atoms with E-state index in [0.717, 1.165) is 5.69 Å². The number of phenols is 1. The summed E-state index contributed by atoms with van der Waals surface area (Å²) in [5.74, 6) is 0.0431. The van der Waals surface area contributed by atoms with Crippen LogP contribution in [0, 0.1) is 0 Å². The van der Waals surface area contributed by atoms with Gasteiger partial charge in [-0.15, -0.1) is 0 Å². The second-order valence-corrected chi connectivity index (χ2v) is 3.67. The van der Waals surface area contributed by atoms with Gasteiger partial charge in [-0.3, -0.25) is 0 Å². The topological polar surface area (TPSA) is 45.0 Å². The maximum atomic E-state index is 9.55. The molecular formula is C12H9CuN2O. The number of azo groups is 1. The van der Waals surface area contributed by atoms with Crippen molar-refractivity contribution in [2.45, 2.75) is 0 Å². The van der Waals surface area contributed by atoms with Crippen molar-refractivity contribution in [1.82, 2.24) is 0 Å². The molecule has 0 radical (unpaired) electrons. The van der Waals surface area contributed by atoms with Crippen molar-refractivity contribution in [3.63, 3.8) is 0 Å². The summed E-state index contributed by atoms with van der Waals surface area (Å²) in [7, 11) is 0. The first-order valence-electron chi connectivity index (χ1n) is 4.67. The summed E-state index contributed by atoms with van der Waals surface area (Å²) in [6, 6.07) is 14.1. The molecule has 1 N–H and O–H groups in total. The van der Waals surface area contributed by atoms with Crippen molar-refractivity contribution in [2.75, 3.05) is 0 Å². The molecule has 0 bridgehead atoms. The molecule has 3 nitrogen and oxygen atoms in total. The molecule has 0 amide bonds. The standard InChI is InChI=1S/C12H9N2O.Cu/c15-12-9-5-4-8-11(12)14-13-10-6-2-1-3-7-10;/h1-4,6-9,15H;/b14-13+;. The summed E-state index contributed by atoms with van der Waals surface area (Å²) in [6.07, 6.45) is 0. The Labute approximate surface area is 102 Å². The SMILES string of the molecule is Oc1c[c]([Cu])ccc1/N=N/c1ccccc1.